The van der Waals surface area contributed by atoms with E-state index in [0.29, 0.717) is 23.2 Å². The minimum atomic E-state index is -1.10. The second-order valence-electron chi connectivity index (χ2n) is 7.23. The lowest BCUT2D eigenvalue weighted by atomic mass is 9.79. The quantitative estimate of drug-likeness (QED) is 0.486. The standard InChI is InChI=1S/C22H23BrN2O4S/c1-4-27-16-8-6-7-15-18-17(20(26)28-5-2)22(3,29-19(15)16)25(21(30)24-18)14-11-9-13(23)10-12-14/h6-12,17-18H,4-5H2,1-3H3,(H,24,30)/t17-,18-,22-/m0/s1. The van der Waals surface area contributed by atoms with E-state index in [-0.39, 0.29) is 12.6 Å². The second-order valence-corrected chi connectivity index (χ2v) is 8.54. The van der Waals surface area contributed by atoms with Gasteiger partial charge >= 0.3 is 5.97 Å². The summed E-state index contributed by atoms with van der Waals surface area (Å²) in [5.41, 5.74) is 0.533. The Bertz CT molecular complexity index is 984. The van der Waals surface area contributed by atoms with Crippen LogP contribution < -0.4 is 19.7 Å². The maximum Gasteiger partial charge on any atom is 0.317 e. The molecule has 2 bridgehead atoms. The number of esters is 1. The van der Waals surface area contributed by atoms with Crippen LogP contribution in [-0.4, -0.2) is 30.0 Å². The SMILES string of the molecule is CCOC(=O)[C@@H]1[C@H]2NC(=S)N(c3ccc(Br)cc3)[C@@]1(C)Oc1c(OCC)cccc12. The smallest absolute Gasteiger partial charge is 0.317 e. The molecule has 4 rings (SSSR count). The summed E-state index contributed by atoms with van der Waals surface area (Å²) < 4.78 is 18.8. The van der Waals surface area contributed by atoms with Crippen molar-refractivity contribution in [1.82, 2.24) is 5.32 Å². The summed E-state index contributed by atoms with van der Waals surface area (Å²) in [6.45, 7) is 6.39. The minimum Gasteiger partial charge on any atom is -0.490 e. The summed E-state index contributed by atoms with van der Waals surface area (Å²) in [6, 6.07) is 13.0. The molecule has 8 heteroatoms. The van der Waals surface area contributed by atoms with Crippen molar-refractivity contribution in [3.63, 3.8) is 0 Å². The van der Waals surface area contributed by atoms with Crippen molar-refractivity contribution in [3.8, 4) is 11.5 Å². The number of nitrogens with one attached hydrogen (secondary N) is 1. The van der Waals surface area contributed by atoms with Crippen LogP contribution in [0.2, 0.25) is 0 Å². The Morgan fingerprint density at radius 1 is 1.23 bits per heavy atom. The predicted molar refractivity (Wildman–Crippen MR) is 122 cm³/mol. The first kappa shape index (κ1) is 20.9. The number of rotatable bonds is 5. The third-order valence-electron chi connectivity index (χ3n) is 5.41. The van der Waals surface area contributed by atoms with Gasteiger partial charge in [0.2, 0.25) is 5.72 Å². The number of hydrogen-bond acceptors (Lipinski definition) is 5. The van der Waals surface area contributed by atoms with Crippen LogP contribution in [0.5, 0.6) is 11.5 Å². The molecule has 0 spiro atoms. The number of para-hydroxylation sites is 1. The third-order valence-corrected chi connectivity index (χ3v) is 6.24. The average molecular weight is 491 g/mol. The van der Waals surface area contributed by atoms with Crippen LogP contribution in [0, 0.1) is 5.92 Å². The lowest BCUT2D eigenvalue weighted by Gasteiger charge is -2.55. The summed E-state index contributed by atoms with van der Waals surface area (Å²) in [5, 5.41) is 3.84. The molecule has 158 valence electrons. The molecule has 30 heavy (non-hydrogen) atoms. The molecule has 1 fully saturated rings. The Labute approximate surface area is 189 Å². The van der Waals surface area contributed by atoms with Gasteiger partial charge in [-0.2, -0.15) is 0 Å². The first-order valence-electron chi connectivity index (χ1n) is 9.88. The van der Waals surface area contributed by atoms with Crippen molar-refractivity contribution in [2.45, 2.75) is 32.5 Å². The highest BCUT2D eigenvalue weighted by Crippen LogP contribution is 2.52. The maximum absolute atomic E-state index is 13.1. The Morgan fingerprint density at radius 2 is 1.97 bits per heavy atom. The number of hydrogen-bond donors (Lipinski definition) is 1. The van der Waals surface area contributed by atoms with Gasteiger partial charge in [0.05, 0.1) is 19.3 Å². The van der Waals surface area contributed by atoms with Crippen LogP contribution in [-0.2, 0) is 9.53 Å². The molecule has 3 atom stereocenters. The molecule has 2 aromatic rings. The van der Waals surface area contributed by atoms with Gasteiger partial charge in [0.15, 0.2) is 16.6 Å². The number of fused-ring (bicyclic) bond motifs is 4. The van der Waals surface area contributed by atoms with Gasteiger partial charge in [0.25, 0.3) is 0 Å². The molecule has 0 radical (unpaired) electrons. The van der Waals surface area contributed by atoms with Crippen molar-refractivity contribution in [2.24, 2.45) is 5.92 Å². The number of carbonyl (C=O) groups excluding carboxylic acids is 1. The second kappa shape index (κ2) is 8.07. The van der Waals surface area contributed by atoms with Gasteiger partial charge < -0.3 is 19.5 Å². The highest BCUT2D eigenvalue weighted by Gasteiger charge is 2.60. The van der Waals surface area contributed by atoms with E-state index >= 15 is 0 Å². The molecule has 2 heterocycles. The topological polar surface area (TPSA) is 60.0 Å². The summed E-state index contributed by atoms with van der Waals surface area (Å²) in [5.74, 6) is 0.273. The molecule has 0 aliphatic carbocycles. The predicted octanol–water partition coefficient (Wildman–Crippen LogP) is 4.57. The van der Waals surface area contributed by atoms with E-state index < -0.39 is 17.7 Å². The monoisotopic (exact) mass is 490 g/mol. The molecule has 2 aromatic carbocycles. The molecular formula is C22H23BrN2O4S. The highest BCUT2D eigenvalue weighted by atomic mass is 79.9. The van der Waals surface area contributed by atoms with Gasteiger partial charge in [-0.05, 0) is 63.3 Å². The molecule has 2 aliphatic heterocycles. The first-order valence-corrected chi connectivity index (χ1v) is 11.1. The zero-order valence-electron chi connectivity index (χ0n) is 17.0. The van der Waals surface area contributed by atoms with E-state index in [1.807, 2.05) is 61.2 Å². The fourth-order valence-electron chi connectivity index (χ4n) is 4.21. The Kier molecular flexibility index (Phi) is 5.63. The van der Waals surface area contributed by atoms with E-state index in [9.17, 15) is 4.79 Å². The largest absolute Gasteiger partial charge is 0.490 e. The molecule has 6 nitrogen and oxygen atoms in total. The summed E-state index contributed by atoms with van der Waals surface area (Å²) in [7, 11) is 0. The summed E-state index contributed by atoms with van der Waals surface area (Å²) >= 11 is 9.19. The number of nitrogens with zero attached hydrogens (tertiary/aromatic N) is 1. The molecule has 1 saturated heterocycles. The fourth-order valence-corrected chi connectivity index (χ4v) is 4.89. The van der Waals surface area contributed by atoms with Crippen LogP contribution >= 0.6 is 28.1 Å². The van der Waals surface area contributed by atoms with Crippen LogP contribution in [0.15, 0.2) is 46.9 Å². The molecule has 1 N–H and O–H groups in total. The number of thiocarbonyl (C=S) groups is 1. The highest BCUT2D eigenvalue weighted by molar-refractivity contribution is 9.10. The van der Waals surface area contributed by atoms with Crippen molar-refractivity contribution < 1.29 is 19.0 Å². The molecule has 2 aliphatic rings. The van der Waals surface area contributed by atoms with Crippen molar-refractivity contribution in [1.29, 1.82) is 0 Å². The fraction of sp³-hybridized carbons (Fsp3) is 0.364. The van der Waals surface area contributed by atoms with Crippen molar-refractivity contribution in [3.05, 3.63) is 52.5 Å². The zero-order chi connectivity index (χ0) is 21.5. The van der Waals surface area contributed by atoms with Gasteiger partial charge in [0, 0.05) is 15.7 Å². The van der Waals surface area contributed by atoms with E-state index in [2.05, 4.69) is 21.2 Å². The Morgan fingerprint density at radius 3 is 2.63 bits per heavy atom. The van der Waals surface area contributed by atoms with Gasteiger partial charge in [-0.25, -0.2) is 0 Å². The normalized spacial score (nSPS) is 24.4. The van der Waals surface area contributed by atoms with E-state index in [4.69, 9.17) is 26.4 Å². The molecule has 0 saturated carbocycles. The van der Waals surface area contributed by atoms with E-state index in [1.165, 1.54) is 0 Å². The van der Waals surface area contributed by atoms with Crippen molar-refractivity contribution in [2.75, 3.05) is 18.1 Å². The van der Waals surface area contributed by atoms with Crippen LogP contribution in [0.1, 0.15) is 32.4 Å². The number of carbonyl (C=O) groups is 1. The lowest BCUT2D eigenvalue weighted by molar-refractivity contribution is -0.159. The Balaban J connectivity index is 1.90. The van der Waals surface area contributed by atoms with E-state index in [1.54, 1.807) is 6.92 Å². The number of halogens is 1. The van der Waals surface area contributed by atoms with Gasteiger partial charge in [0.1, 0.15) is 5.92 Å². The van der Waals surface area contributed by atoms with Crippen LogP contribution in [0.4, 0.5) is 5.69 Å². The van der Waals surface area contributed by atoms with Gasteiger partial charge in [-0.1, -0.05) is 28.1 Å². The minimum absolute atomic E-state index is 0.284. The lowest BCUT2D eigenvalue weighted by Crippen LogP contribution is -2.71. The van der Waals surface area contributed by atoms with Crippen LogP contribution in [0.25, 0.3) is 0 Å². The molecule has 0 unspecified atom stereocenters. The molecular weight excluding hydrogens is 468 g/mol. The Hall–Kier alpha value is -2.32. The molecule has 0 amide bonds. The number of benzene rings is 2. The van der Waals surface area contributed by atoms with E-state index in [0.717, 1.165) is 15.7 Å². The van der Waals surface area contributed by atoms with Crippen molar-refractivity contribution >= 4 is 44.9 Å². The maximum atomic E-state index is 13.1. The number of anilines is 1. The molecule has 0 aromatic heterocycles. The average Bonchev–Trinajstić information content (AvgIpc) is 2.70. The van der Waals surface area contributed by atoms with Crippen LogP contribution in [0.3, 0.4) is 0 Å². The summed E-state index contributed by atoms with van der Waals surface area (Å²) in [6.07, 6.45) is 0. The van der Waals surface area contributed by atoms with Gasteiger partial charge in [-0.3, -0.25) is 9.69 Å². The summed E-state index contributed by atoms with van der Waals surface area (Å²) in [4.78, 5) is 15.0. The number of ether oxygens (including phenoxy) is 3. The zero-order valence-corrected chi connectivity index (χ0v) is 19.4. The first-order chi connectivity index (χ1) is 14.4. The third kappa shape index (κ3) is 3.32. The van der Waals surface area contributed by atoms with Gasteiger partial charge in [-0.15, -0.1) is 0 Å².